The number of halogens is 2. The second-order valence-electron chi connectivity index (χ2n) is 6.57. The molecule has 0 unspecified atom stereocenters. The summed E-state index contributed by atoms with van der Waals surface area (Å²) in [5, 5.41) is 3.60. The van der Waals surface area contributed by atoms with Crippen LogP contribution in [-0.4, -0.2) is 47.3 Å². The van der Waals surface area contributed by atoms with E-state index in [0.717, 1.165) is 4.52 Å². The number of hydrogen-bond donors (Lipinski definition) is 0. The van der Waals surface area contributed by atoms with E-state index >= 15 is 0 Å². The van der Waals surface area contributed by atoms with Crippen molar-refractivity contribution in [3.63, 3.8) is 0 Å². The lowest BCUT2D eigenvalue weighted by Crippen LogP contribution is -2.30. The summed E-state index contributed by atoms with van der Waals surface area (Å²) >= 11 is 11.9. The van der Waals surface area contributed by atoms with E-state index in [1.165, 1.54) is 18.5 Å². The minimum Gasteiger partial charge on any atom is -0.361 e. The number of hydrogen-bond acceptors (Lipinski definition) is 4. The van der Waals surface area contributed by atoms with Crippen molar-refractivity contribution in [2.75, 3.05) is 13.1 Å². The number of sulfonamides is 1. The predicted octanol–water partition coefficient (Wildman–Crippen LogP) is 3.37. The molecule has 0 aliphatic carbocycles. The average Bonchev–Trinajstić information content (AvgIpc) is 2.79. The Balaban J connectivity index is 2.41. The molecule has 0 amide bonds. The Bertz CT molecular complexity index is 867. The first-order valence-corrected chi connectivity index (χ1v) is 10.0. The van der Waals surface area contributed by atoms with Crippen LogP contribution in [0.3, 0.4) is 0 Å². The number of imidazole rings is 1. The Labute approximate surface area is 157 Å². The van der Waals surface area contributed by atoms with Gasteiger partial charge in [-0.15, -0.1) is 4.40 Å². The van der Waals surface area contributed by atoms with E-state index in [-0.39, 0.29) is 21.0 Å². The lowest BCUT2D eigenvalue weighted by Gasteiger charge is -2.23. The standard InChI is InChI=1S/C15H21Cl2N5O2S/c1-10(2)7-21(8-11(3)4)9-18-25(23,24)15-14(17)19-13-6-5-12(16)20-22(13)15/h5-6,9-11H,7-8H2,1-4H3/b18-9-. The summed E-state index contributed by atoms with van der Waals surface area (Å²) in [5.74, 6) is 0.737. The summed E-state index contributed by atoms with van der Waals surface area (Å²) in [6, 6.07) is 3.04. The molecule has 0 radical (unpaired) electrons. The zero-order valence-corrected chi connectivity index (χ0v) is 16.8. The van der Waals surface area contributed by atoms with Gasteiger partial charge in [-0.25, -0.2) is 4.98 Å². The van der Waals surface area contributed by atoms with Gasteiger partial charge in [0.25, 0.3) is 0 Å². The van der Waals surface area contributed by atoms with E-state index in [1.54, 1.807) is 0 Å². The molecule has 138 valence electrons. The van der Waals surface area contributed by atoms with Gasteiger partial charge in [0.1, 0.15) is 11.5 Å². The third-order valence-corrected chi connectivity index (χ3v) is 4.96. The van der Waals surface area contributed by atoms with Gasteiger partial charge >= 0.3 is 10.0 Å². The summed E-state index contributed by atoms with van der Waals surface area (Å²) in [7, 11) is -4.08. The third-order valence-electron chi connectivity index (χ3n) is 3.16. The maximum absolute atomic E-state index is 12.7. The highest BCUT2D eigenvalue weighted by molar-refractivity contribution is 7.90. The van der Waals surface area contributed by atoms with Gasteiger partial charge in [-0.1, -0.05) is 50.9 Å². The van der Waals surface area contributed by atoms with Crippen LogP contribution in [0.5, 0.6) is 0 Å². The number of aromatic nitrogens is 3. The first-order valence-electron chi connectivity index (χ1n) is 7.85. The molecule has 0 aromatic carbocycles. The molecule has 25 heavy (non-hydrogen) atoms. The van der Waals surface area contributed by atoms with Gasteiger partial charge in [-0.05, 0) is 24.0 Å². The van der Waals surface area contributed by atoms with Crippen molar-refractivity contribution >= 4 is 45.2 Å². The largest absolute Gasteiger partial charge is 0.361 e. The fraction of sp³-hybridized carbons (Fsp3) is 0.533. The smallest absolute Gasteiger partial charge is 0.304 e. The molecule has 0 saturated heterocycles. The molecule has 2 heterocycles. The van der Waals surface area contributed by atoms with Crippen LogP contribution in [0.1, 0.15) is 27.7 Å². The summed E-state index contributed by atoms with van der Waals surface area (Å²) < 4.78 is 30.2. The molecule has 10 heteroatoms. The van der Waals surface area contributed by atoms with Gasteiger partial charge in [0.2, 0.25) is 5.03 Å². The van der Waals surface area contributed by atoms with Crippen LogP contribution in [0.2, 0.25) is 10.3 Å². The molecule has 0 bridgehead atoms. The Morgan fingerprint density at radius 3 is 2.36 bits per heavy atom. The maximum Gasteiger partial charge on any atom is 0.304 e. The molecular formula is C15H21Cl2N5O2S. The fourth-order valence-electron chi connectivity index (χ4n) is 2.37. The molecule has 0 N–H and O–H groups in total. The Morgan fingerprint density at radius 2 is 1.80 bits per heavy atom. The second kappa shape index (κ2) is 7.88. The van der Waals surface area contributed by atoms with E-state index in [9.17, 15) is 8.42 Å². The van der Waals surface area contributed by atoms with Crippen molar-refractivity contribution in [1.82, 2.24) is 19.5 Å². The van der Waals surface area contributed by atoms with E-state index in [0.29, 0.717) is 24.9 Å². The van der Waals surface area contributed by atoms with Gasteiger partial charge in [-0.2, -0.15) is 18.0 Å². The number of nitrogens with zero attached hydrogens (tertiary/aromatic N) is 5. The van der Waals surface area contributed by atoms with Crippen molar-refractivity contribution < 1.29 is 8.42 Å². The van der Waals surface area contributed by atoms with Crippen molar-refractivity contribution in [3.05, 3.63) is 22.4 Å². The second-order valence-corrected chi connectivity index (χ2v) is 8.86. The highest BCUT2D eigenvalue weighted by atomic mass is 35.5. The summed E-state index contributed by atoms with van der Waals surface area (Å²) in [6.45, 7) is 9.63. The van der Waals surface area contributed by atoms with Gasteiger partial charge in [0, 0.05) is 13.1 Å². The Morgan fingerprint density at radius 1 is 1.20 bits per heavy atom. The molecular weight excluding hydrogens is 385 g/mol. The molecule has 0 saturated carbocycles. The lowest BCUT2D eigenvalue weighted by molar-refractivity contribution is 0.336. The van der Waals surface area contributed by atoms with Gasteiger partial charge in [0.15, 0.2) is 10.8 Å². The van der Waals surface area contributed by atoms with Crippen molar-refractivity contribution in [2.45, 2.75) is 32.7 Å². The van der Waals surface area contributed by atoms with Gasteiger partial charge in [0.05, 0.1) is 0 Å². The molecule has 0 aliphatic rings. The summed E-state index contributed by atoms with van der Waals surface area (Å²) in [5.41, 5.74) is 0.282. The fourth-order valence-corrected chi connectivity index (χ4v) is 3.93. The first kappa shape index (κ1) is 19.9. The van der Waals surface area contributed by atoms with Crippen LogP contribution >= 0.6 is 23.2 Å². The maximum atomic E-state index is 12.7. The van der Waals surface area contributed by atoms with Crippen LogP contribution in [0.15, 0.2) is 21.6 Å². The zero-order valence-electron chi connectivity index (χ0n) is 14.5. The van der Waals surface area contributed by atoms with E-state index in [2.05, 4.69) is 42.2 Å². The van der Waals surface area contributed by atoms with Crippen LogP contribution in [0.25, 0.3) is 5.65 Å². The quantitative estimate of drug-likeness (QED) is 0.520. The predicted molar refractivity (Wildman–Crippen MR) is 99.9 cm³/mol. The van der Waals surface area contributed by atoms with Crippen LogP contribution < -0.4 is 0 Å². The lowest BCUT2D eigenvalue weighted by atomic mass is 10.1. The first-order chi connectivity index (χ1) is 11.6. The van der Waals surface area contributed by atoms with Crippen LogP contribution in [0, 0.1) is 11.8 Å². The Hall–Kier alpha value is -1.38. The molecule has 0 atom stereocenters. The third kappa shape index (κ3) is 5.05. The van der Waals surface area contributed by atoms with E-state index in [1.807, 2.05) is 4.90 Å². The minimum absolute atomic E-state index is 0.128. The van der Waals surface area contributed by atoms with Gasteiger partial charge in [-0.3, -0.25) is 0 Å². The molecule has 2 rings (SSSR count). The number of fused-ring (bicyclic) bond motifs is 1. The Kier molecular flexibility index (Phi) is 6.29. The van der Waals surface area contributed by atoms with Crippen molar-refractivity contribution in [2.24, 2.45) is 16.2 Å². The highest BCUT2D eigenvalue weighted by Gasteiger charge is 2.25. The molecule has 7 nitrogen and oxygen atoms in total. The topological polar surface area (TPSA) is 79.9 Å². The van der Waals surface area contributed by atoms with Gasteiger partial charge < -0.3 is 4.90 Å². The van der Waals surface area contributed by atoms with E-state index < -0.39 is 10.0 Å². The normalized spacial score (nSPS) is 12.8. The van der Waals surface area contributed by atoms with Crippen LogP contribution in [0.4, 0.5) is 0 Å². The average molecular weight is 406 g/mol. The summed E-state index contributed by atoms with van der Waals surface area (Å²) in [4.78, 5) is 5.86. The minimum atomic E-state index is -4.08. The molecule has 0 aliphatic heterocycles. The van der Waals surface area contributed by atoms with Crippen molar-refractivity contribution in [3.8, 4) is 0 Å². The monoisotopic (exact) mass is 405 g/mol. The molecule has 2 aromatic heterocycles. The van der Waals surface area contributed by atoms with Crippen LogP contribution in [-0.2, 0) is 10.0 Å². The highest BCUT2D eigenvalue weighted by Crippen LogP contribution is 2.24. The van der Waals surface area contributed by atoms with Crippen molar-refractivity contribution in [1.29, 1.82) is 0 Å². The number of rotatable bonds is 7. The molecule has 0 fully saturated rings. The zero-order chi connectivity index (χ0) is 18.8. The SMILES string of the molecule is CC(C)CN(/C=N\S(=O)(=O)c1c(Cl)nc2ccc(Cl)nn12)CC(C)C. The molecule has 2 aromatic rings. The van der Waals surface area contributed by atoms with E-state index in [4.69, 9.17) is 23.2 Å². The molecule has 0 spiro atoms. The summed E-state index contributed by atoms with van der Waals surface area (Å²) in [6.07, 6.45) is 1.34.